The molecular formula is C57H34N4OS. The van der Waals surface area contributed by atoms with Crippen LogP contribution in [0.5, 0.6) is 0 Å². The second kappa shape index (κ2) is 14.2. The van der Waals surface area contributed by atoms with Crippen molar-refractivity contribution in [2.75, 3.05) is 0 Å². The van der Waals surface area contributed by atoms with Gasteiger partial charge in [-0.25, -0.2) is 15.0 Å². The molecular weight excluding hydrogens is 789 g/mol. The highest BCUT2D eigenvalue weighted by molar-refractivity contribution is 7.25. The molecule has 4 heterocycles. The number of hydrogen-bond acceptors (Lipinski definition) is 5. The molecule has 9 aromatic carbocycles. The van der Waals surface area contributed by atoms with Gasteiger partial charge in [0.05, 0.1) is 11.0 Å². The van der Waals surface area contributed by atoms with Crippen LogP contribution < -0.4 is 0 Å². The van der Waals surface area contributed by atoms with Crippen molar-refractivity contribution in [3.8, 4) is 62.1 Å². The zero-order valence-electron chi connectivity index (χ0n) is 33.7. The molecule has 0 amide bonds. The Hall–Kier alpha value is -8.19. The van der Waals surface area contributed by atoms with E-state index in [9.17, 15) is 0 Å². The maximum atomic E-state index is 6.59. The van der Waals surface area contributed by atoms with E-state index in [2.05, 4.69) is 180 Å². The van der Waals surface area contributed by atoms with Crippen molar-refractivity contribution in [1.82, 2.24) is 19.5 Å². The van der Waals surface area contributed by atoms with E-state index >= 15 is 0 Å². The van der Waals surface area contributed by atoms with Crippen molar-refractivity contribution in [3.05, 3.63) is 206 Å². The Bertz CT molecular complexity index is 3920. The van der Waals surface area contributed by atoms with Crippen molar-refractivity contribution in [3.63, 3.8) is 0 Å². The van der Waals surface area contributed by atoms with Crippen molar-refractivity contribution < 1.29 is 4.42 Å². The van der Waals surface area contributed by atoms with Gasteiger partial charge in [-0.1, -0.05) is 152 Å². The van der Waals surface area contributed by atoms with Crippen LogP contribution in [-0.2, 0) is 0 Å². The molecule has 6 heteroatoms. The molecule has 0 aliphatic rings. The molecule has 0 saturated carbocycles. The number of para-hydroxylation sites is 2. The van der Waals surface area contributed by atoms with E-state index in [-0.39, 0.29) is 0 Å². The summed E-state index contributed by atoms with van der Waals surface area (Å²) in [6.45, 7) is 0. The minimum absolute atomic E-state index is 0.584. The number of furan rings is 1. The van der Waals surface area contributed by atoms with E-state index < -0.39 is 0 Å². The number of benzene rings is 9. The molecule has 0 saturated heterocycles. The smallest absolute Gasteiger partial charge is 0.164 e. The number of nitrogens with zero attached hydrogens (tertiary/aromatic N) is 4. The molecule has 0 aliphatic carbocycles. The van der Waals surface area contributed by atoms with Crippen LogP contribution in [-0.4, -0.2) is 19.5 Å². The summed E-state index contributed by atoms with van der Waals surface area (Å²) in [5.74, 6) is 1.80. The van der Waals surface area contributed by atoms with E-state index in [4.69, 9.17) is 19.4 Å². The van der Waals surface area contributed by atoms with Gasteiger partial charge in [0.1, 0.15) is 11.2 Å². The molecule has 0 spiro atoms. The van der Waals surface area contributed by atoms with Gasteiger partial charge in [0.25, 0.3) is 0 Å². The zero-order valence-corrected chi connectivity index (χ0v) is 34.6. The third-order valence-electron chi connectivity index (χ3n) is 12.3. The lowest BCUT2D eigenvalue weighted by atomic mass is 9.95. The van der Waals surface area contributed by atoms with Gasteiger partial charge < -0.3 is 8.98 Å². The number of thiophene rings is 1. The predicted octanol–water partition coefficient (Wildman–Crippen LogP) is 15.6. The summed E-state index contributed by atoms with van der Waals surface area (Å²) in [7, 11) is 0. The molecule has 0 atom stereocenters. The van der Waals surface area contributed by atoms with Crippen LogP contribution >= 0.6 is 11.3 Å². The highest BCUT2D eigenvalue weighted by Crippen LogP contribution is 2.44. The van der Waals surface area contributed by atoms with E-state index in [0.29, 0.717) is 17.5 Å². The Labute approximate surface area is 365 Å². The average molecular weight is 823 g/mol. The first-order chi connectivity index (χ1) is 31.2. The lowest BCUT2D eigenvalue weighted by Crippen LogP contribution is -2.01. The summed E-state index contributed by atoms with van der Waals surface area (Å²) >= 11 is 1.82. The molecule has 0 fully saturated rings. The third kappa shape index (κ3) is 5.73. The summed E-state index contributed by atoms with van der Waals surface area (Å²) in [4.78, 5) is 15.8. The molecule has 0 unspecified atom stereocenters. The molecule has 0 N–H and O–H groups in total. The predicted molar refractivity (Wildman–Crippen MR) is 262 cm³/mol. The fraction of sp³-hybridized carbons (Fsp3) is 0. The number of fused-ring (bicyclic) bond motifs is 9. The first-order valence-electron chi connectivity index (χ1n) is 21.1. The average Bonchev–Trinajstić information content (AvgIpc) is 4.03. The normalized spacial score (nSPS) is 11.8. The Kier molecular flexibility index (Phi) is 8.01. The van der Waals surface area contributed by atoms with Crippen LogP contribution in [0.1, 0.15) is 0 Å². The Morgan fingerprint density at radius 3 is 1.84 bits per heavy atom. The van der Waals surface area contributed by atoms with Gasteiger partial charge in [0.2, 0.25) is 0 Å². The Morgan fingerprint density at radius 2 is 0.968 bits per heavy atom. The summed E-state index contributed by atoms with van der Waals surface area (Å²) < 4.78 is 11.5. The van der Waals surface area contributed by atoms with Gasteiger partial charge in [-0.3, -0.25) is 0 Å². The second-order valence-electron chi connectivity index (χ2n) is 15.9. The maximum Gasteiger partial charge on any atom is 0.164 e. The largest absolute Gasteiger partial charge is 0.456 e. The van der Waals surface area contributed by atoms with Gasteiger partial charge in [-0.05, 0) is 76.9 Å². The standard InChI is InChI=1S/C57H34N4OS/c1-3-15-35(16-4-1)55-58-56(43-21-8-7-19-39(43)42-23-14-28-52-54(42)44-22-10-12-27-51(44)63-52)60-57(59-55)45-24-13-26-50-53(45)46-33-36(30-32-49(46)62-50)37-29-31-41-40-20-9-11-25-47(40)61(48(41)34-37)38-17-5-2-6-18-38/h1-34H. The highest BCUT2D eigenvalue weighted by atomic mass is 32.1. The van der Waals surface area contributed by atoms with E-state index in [1.54, 1.807) is 0 Å². The topological polar surface area (TPSA) is 56.7 Å². The van der Waals surface area contributed by atoms with Gasteiger partial charge in [0, 0.05) is 64.1 Å². The van der Waals surface area contributed by atoms with Crippen LogP contribution in [0.2, 0.25) is 0 Å². The Balaban J connectivity index is 1.01. The van der Waals surface area contributed by atoms with Crippen molar-refractivity contribution in [1.29, 1.82) is 0 Å². The van der Waals surface area contributed by atoms with Gasteiger partial charge in [0.15, 0.2) is 17.5 Å². The molecule has 0 radical (unpaired) electrons. The van der Waals surface area contributed by atoms with Crippen LogP contribution in [0.25, 0.3) is 126 Å². The zero-order chi connectivity index (χ0) is 41.4. The van der Waals surface area contributed by atoms with Gasteiger partial charge in [-0.2, -0.15) is 0 Å². The molecule has 294 valence electrons. The lowest BCUT2D eigenvalue weighted by Gasteiger charge is -2.13. The number of rotatable bonds is 6. The minimum Gasteiger partial charge on any atom is -0.456 e. The van der Waals surface area contributed by atoms with E-state index in [1.807, 2.05) is 41.7 Å². The summed E-state index contributed by atoms with van der Waals surface area (Å²) in [5, 5.41) is 6.91. The number of aromatic nitrogens is 4. The maximum absolute atomic E-state index is 6.59. The van der Waals surface area contributed by atoms with Crippen LogP contribution in [0, 0.1) is 0 Å². The first-order valence-corrected chi connectivity index (χ1v) is 21.9. The number of hydrogen-bond donors (Lipinski definition) is 0. The molecule has 0 bridgehead atoms. The third-order valence-corrected chi connectivity index (χ3v) is 13.4. The molecule has 4 aromatic heterocycles. The first kappa shape index (κ1) is 35.6. The molecule has 5 nitrogen and oxygen atoms in total. The van der Waals surface area contributed by atoms with E-state index in [0.717, 1.165) is 72.1 Å². The van der Waals surface area contributed by atoms with Gasteiger partial charge in [-0.15, -0.1) is 11.3 Å². The molecule has 13 aromatic rings. The second-order valence-corrected chi connectivity index (χ2v) is 17.0. The molecule has 0 aliphatic heterocycles. The fourth-order valence-corrected chi connectivity index (χ4v) is 10.6. The van der Waals surface area contributed by atoms with Crippen LogP contribution in [0.15, 0.2) is 211 Å². The van der Waals surface area contributed by atoms with Crippen LogP contribution in [0.3, 0.4) is 0 Å². The minimum atomic E-state index is 0.584. The van der Waals surface area contributed by atoms with Crippen molar-refractivity contribution in [2.45, 2.75) is 0 Å². The van der Waals surface area contributed by atoms with Crippen LogP contribution in [0.4, 0.5) is 0 Å². The monoisotopic (exact) mass is 822 g/mol. The Morgan fingerprint density at radius 1 is 0.349 bits per heavy atom. The van der Waals surface area contributed by atoms with Gasteiger partial charge >= 0.3 is 0 Å². The summed E-state index contributed by atoms with van der Waals surface area (Å²) in [5.41, 5.74) is 12.2. The fourth-order valence-electron chi connectivity index (χ4n) is 9.44. The molecule has 63 heavy (non-hydrogen) atoms. The lowest BCUT2D eigenvalue weighted by molar-refractivity contribution is 0.669. The van der Waals surface area contributed by atoms with E-state index in [1.165, 1.54) is 36.5 Å². The van der Waals surface area contributed by atoms with Crippen molar-refractivity contribution in [2.24, 2.45) is 0 Å². The summed E-state index contributed by atoms with van der Waals surface area (Å²) in [6, 6.07) is 72.6. The SMILES string of the molecule is c1ccc(-c2nc(-c3ccccc3-c3cccc4sc5ccccc5c34)nc(-c3cccc4oc5ccc(-c6ccc7c8ccccc8n(-c8ccccc8)c7c6)cc5c34)n2)cc1. The molecule has 13 rings (SSSR count). The quantitative estimate of drug-likeness (QED) is 0.168. The summed E-state index contributed by atoms with van der Waals surface area (Å²) in [6.07, 6.45) is 0. The highest BCUT2D eigenvalue weighted by Gasteiger charge is 2.21. The van der Waals surface area contributed by atoms with Crippen molar-refractivity contribution >= 4 is 75.3 Å².